The molecule has 0 spiro atoms. The van der Waals surface area contributed by atoms with Gasteiger partial charge >= 0.3 is 11.9 Å². The molecule has 9 nitrogen and oxygen atoms in total. The molecule has 3 aromatic carbocycles. The third kappa shape index (κ3) is 7.53. The standard InChI is InChI=1S/C35H36N2O7S/c1-37-26(15-23-11-7-8-12-28(23)37)18-27(36)35(40)44-21-25(22-9-5-4-6-10-22)20-43-34(39)14-13-29(38)33-17-24-16-30(41-2)31(42-3)19-32(24)45-33/h4-12,15-17,19,25,27H,13-14,18,20-21,36H2,1-3H3/t25?,27-/m0/s1. The van der Waals surface area contributed by atoms with E-state index in [0.29, 0.717) is 22.8 Å². The van der Waals surface area contributed by atoms with Gasteiger partial charge in [0.15, 0.2) is 17.3 Å². The number of para-hydroxylation sites is 1. The highest BCUT2D eigenvalue weighted by molar-refractivity contribution is 7.20. The Morgan fingerprint density at radius 3 is 2.24 bits per heavy atom. The van der Waals surface area contributed by atoms with Crippen LogP contribution in [0.5, 0.6) is 11.5 Å². The molecule has 0 amide bonds. The van der Waals surface area contributed by atoms with Gasteiger partial charge in [0, 0.05) is 41.9 Å². The number of ether oxygens (including phenoxy) is 4. The predicted octanol–water partition coefficient (Wildman–Crippen LogP) is 5.81. The van der Waals surface area contributed by atoms with Gasteiger partial charge in [0.05, 0.1) is 31.4 Å². The van der Waals surface area contributed by atoms with Crippen molar-refractivity contribution in [1.29, 1.82) is 0 Å². The Morgan fingerprint density at radius 2 is 1.51 bits per heavy atom. The number of benzene rings is 3. The fourth-order valence-electron chi connectivity index (χ4n) is 5.21. The number of aryl methyl sites for hydroxylation is 1. The Morgan fingerprint density at radius 1 is 0.822 bits per heavy atom. The number of carbonyl (C=O) groups is 3. The number of thiophene rings is 1. The molecule has 0 saturated heterocycles. The van der Waals surface area contributed by atoms with Crippen molar-refractivity contribution in [2.24, 2.45) is 12.8 Å². The van der Waals surface area contributed by atoms with Gasteiger partial charge in [-0.25, -0.2) is 0 Å². The number of nitrogens with zero attached hydrogens (tertiary/aromatic N) is 1. The second kappa shape index (κ2) is 14.4. The number of Topliss-reactive ketones (excluding diaryl/α,β-unsaturated/α-hetero) is 1. The van der Waals surface area contributed by atoms with Crippen molar-refractivity contribution in [3.8, 4) is 11.5 Å². The monoisotopic (exact) mass is 628 g/mol. The van der Waals surface area contributed by atoms with Gasteiger partial charge in [-0.3, -0.25) is 14.4 Å². The van der Waals surface area contributed by atoms with E-state index in [1.807, 2.05) is 84.4 Å². The number of fused-ring (bicyclic) bond motifs is 2. The molecule has 234 valence electrons. The van der Waals surface area contributed by atoms with Crippen LogP contribution < -0.4 is 15.2 Å². The minimum absolute atomic E-state index is 0.00736. The first kappa shape index (κ1) is 31.7. The lowest BCUT2D eigenvalue weighted by atomic mass is 10.0. The van der Waals surface area contributed by atoms with E-state index in [9.17, 15) is 14.4 Å². The number of rotatable bonds is 14. The molecule has 1 unspecified atom stereocenters. The highest BCUT2D eigenvalue weighted by Crippen LogP contribution is 2.36. The average Bonchev–Trinajstić information content (AvgIpc) is 3.63. The van der Waals surface area contributed by atoms with Crippen molar-refractivity contribution in [3.63, 3.8) is 0 Å². The summed E-state index contributed by atoms with van der Waals surface area (Å²) in [6.45, 7) is -0.0161. The number of hydrogen-bond donors (Lipinski definition) is 1. The zero-order chi connectivity index (χ0) is 31.9. The number of carbonyl (C=O) groups excluding carboxylic acids is 3. The van der Waals surface area contributed by atoms with E-state index < -0.39 is 23.9 Å². The van der Waals surface area contributed by atoms with Crippen LogP contribution in [-0.4, -0.2) is 55.8 Å². The molecular weight excluding hydrogens is 592 g/mol. The lowest BCUT2D eigenvalue weighted by molar-refractivity contribution is -0.148. The Balaban J connectivity index is 1.15. The maximum absolute atomic E-state index is 12.9. The van der Waals surface area contributed by atoms with Crippen molar-refractivity contribution in [3.05, 3.63) is 95.0 Å². The molecule has 2 N–H and O–H groups in total. The molecule has 0 aliphatic carbocycles. The third-order valence-electron chi connectivity index (χ3n) is 7.78. The van der Waals surface area contributed by atoms with Crippen molar-refractivity contribution in [1.82, 2.24) is 4.57 Å². The Labute approximate surface area is 265 Å². The van der Waals surface area contributed by atoms with Gasteiger partial charge in [-0.2, -0.15) is 0 Å². The quantitative estimate of drug-likeness (QED) is 0.121. The molecule has 45 heavy (non-hydrogen) atoms. The summed E-state index contributed by atoms with van der Waals surface area (Å²) in [7, 11) is 5.06. The molecule has 0 radical (unpaired) electrons. The van der Waals surface area contributed by atoms with E-state index in [1.165, 1.54) is 11.3 Å². The second-order valence-electron chi connectivity index (χ2n) is 10.8. The summed E-state index contributed by atoms with van der Waals surface area (Å²) in [5, 5.41) is 1.94. The molecule has 2 heterocycles. The number of esters is 2. The Bertz CT molecular complexity index is 1770. The molecule has 2 aromatic heterocycles. The summed E-state index contributed by atoms with van der Waals surface area (Å²) >= 11 is 1.34. The lowest BCUT2D eigenvalue weighted by Crippen LogP contribution is -2.36. The van der Waals surface area contributed by atoms with Crippen LogP contribution >= 0.6 is 11.3 Å². The Kier molecular flexibility index (Phi) is 10.2. The normalized spacial score (nSPS) is 12.5. The molecular formula is C35H36N2O7S. The molecule has 0 aliphatic heterocycles. The van der Waals surface area contributed by atoms with E-state index in [1.54, 1.807) is 20.3 Å². The Hall–Kier alpha value is -4.67. The maximum atomic E-state index is 12.9. The van der Waals surface area contributed by atoms with E-state index >= 15 is 0 Å². The summed E-state index contributed by atoms with van der Waals surface area (Å²) in [5.41, 5.74) is 9.08. The second-order valence-corrected chi connectivity index (χ2v) is 11.8. The van der Waals surface area contributed by atoms with Crippen LogP contribution in [0.15, 0.2) is 78.9 Å². The zero-order valence-corrected chi connectivity index (χ0v) is 26.3. The number of nitrogens with two attached hydrogens (primary N) is 1. The molecule has 0 aliphatic rings. The molecule has 10 heteroatoms. The van der Waals surface area contributed by atoms with E-state index in [0.717, 1.165) is 32.2 Å². The van der Waals surface area contributed by atoms with Gasteiger partial charge in [-0.05, 0) is 40.6 Å². The number of methoxy groups -OCH3 is 2. The van der Waals surface area contributed by atoms with Crippen LogP contribution in [0.2, 0.25) is 0 Å². The molecule has 0 fully saturated rings. The first-order valence-electron chi connectivity index (χ1n) is 14.6. The number of hydrogen-bond acceptors (Lipinski definition) is 9. The molecule has 5 aromatic rings. The van der Waals surface area contributed by atoms with Crippen molar-refractivity contribution < 1.29 is 33.3 Å². The average molecular weight is 629 g/mol. The SMILES string of the molecule is COc1cc2cc(C(=O)CCC(=O)OCC(COC(=O)[C@@H](N)Cc3cc4ccccc4n3C)c3ccccc3)sc2cc1OC. The molecule has 0 bridgehead atoms. The van der Waals surface area contributed by atoms with E-state index in [-0.39, 0.29) is 31.8 Å². The van der Waals surface area contributed by atoms with Gasteiger partial charge in [0.2, 0.25) is 0 Å². The minimum atomic E-state index is -0.853. The van der Waals surface area contributed by atoms with Crippen LogP contribution in [0.25, 0.3) is 21.0 Å². The van der Waals surface area contributed by atoms with Gasteiger partial charge in [0.25, 0.3) is 0 Å². The summed E-state index contributed by atoms with van der Waals surface area (Å²) in [6.07, 6.45) is 0.259. The van der Waals surface area contributed by atoms with Crippen molar-refractivity contribution >= 4 is 50.0 Å². The molecule has 5 rings (SSSR count). The summed E-state index contributed by atoms with van der Waals surface area (Å²) in [6, 6.07) is 24.0. The largest absolute Gasteiger partial charge is 0.493 e. The number of ketones is 1. The van der Waals surface area contributed by atoms with Crippen molar-refractivity contribution in [2.75, 3.05) is 27.4 Å². The highest BCUT2D eigenvalue weighted by atomic mass is 32.1. The van der Waals surface area contributed by atoms with Gasteiger partial charge in [-0.15, -0.1) is 11.3 Å². The minimum Gasteiger partial charge on any atom is -0.493 e. The van der Waals surface area contributed by atoms with Crippen LogP contribution in [0, 0.1) is 0 Å². The number of aromatic nitrogens is 1. The zero-order valence-electron chi connectivity index (χ0n) is 25.5. The van der Waals surface area contributed by atoms with Crippen LogP contribution in [0.1, 0.15) is 39.7 Å². The van der Waals surface area contributed by atoms with Crippen molar-refractivity contribution in [2.45, 2.75) is 31.2 Å². The van der Waals surface area contributed by atoms with Gasteiger partial charge in [-0.1, -0.05) is 48.5 Å². The highest BCUT2D eigenvalue weighted by Gasteiger charge is 2.22. The summed E-state index contributed by atoms with van der Waals surface area (Å²) < 4.78 is 24.8. The fraction of sp³-hybridized carbons (Fsp3) is 0.286. The first-order chi connectivity index (χ1) is 21.8. The van der Waals surface area contributed by atoms with Crippen LogP contribution in [0.3, 0.4) is 0 Å². The van der Waals surface area contributed by atoms with E-state index in [2.05, 4.69) is 0 Å². The third-order valence-corrected chi connectivity index (χ3v) is 8.92. The summed E-state index contributed by atoms with van der Waals surface area (Å²) in [5.74, 6) is -0.424. The van der Waals surface area contributed by atoms with E-state index in [4.69, 9.17) is 24.7 Å². The van der Waals surface area contributed by atoms with Crippen LogP contribution in [-0.2, 0) is 32.5 Å². The van der Waals surface area contributed by atoms with Crippen LogP contribution in [0.4, 0.5) is 0 Å². The fourth-order valence-corrected chi connectivity index (χ4v) is 6.25. The summed E-state index contributed by atoms with van der Waals surface area (Å²) in [4.78, 5) is 39.0. The van der Waals surface area contributed by atoms with Gasteiger partial charge < -0.3 is 29.2 Å². The topological polar surface area (TPSA) is 119 Å². The molecule has 2 atom stereocenters. The van der Waals surface area contributed by atoms with Gasteiger partial charge in [0.1, 0.15) is 19.3 Å². The first-order valence-corrected chi connectivity index (χ1v) is 15.4. The predicted molar refractivity (Wildman–Crippen MR) is 174 cm³/mol. The maximum Gasteiger partial charge on any atom is 0.323 e. The molecule has 0 saturated carbocycles. The smallest absolute Gasteiger partial charge is 0.323 e. The lowest BCUT2D eigenvalue weighted by Gasteiger charge is -2.19.